The van der Waals surface area contributed by atoms with Gasteiger partial charge in [0.2, 0.25) is 0 Å². The molecule has 1 atom stereocenters. The molecule has 150 valence electrons. The highest BCUT2D eigenvalue weighted by Crippen LogP contribution is 2.39. The second-order valence-electron chi connectivity index (χ2n) is 7.99. The minimum absolute atomic E-state index is 0.0207. The van der Waals surface area contributed by atoms with E-state index in [1.807, 2.05) is 24.3 Å². The number of halogens is 4. The van der Waals surface area contributed by atoms with Crippen molar-refractivity contribution in [3.8, 4) is 0 Å². The Morgan fingerprint density at radius 2 is 1.64 bits per heavy atom. The van der Waals surface area contributed by atoms with Gasteiger partial charge >= 0.3 is 6.18 Å². The summed E-state index contributed by atoms with van der Waals surface area (Å²) in [6.45, 7) is 6.01. The Balaban J connectivity index is 1.92. The van der Waals surface area contributed by atoms with Crippen molar-refractivity contribution in [3.05, 3.63) is 64.7 Å². The monoisotopic (exact) mass is 410 g/mol. The van der Waals surface area contributed by atoms with E-state index in [0.717, 1.165) is 16.1 Å². The number of hydrazine groups is 1. The van der Waals surface area contributed by atoms with Crippen molar-refractivity contribution in [1.82, 2.24) is 5.01 Å². The molecule has 1 unspecified atom stereocenters. The second kappa shape index (κ2) is 7.41. The van der Waals surface area contributed by atoms with E-state index in [1.165, 1.54) is 5.01 Å². The summed E-state index contributed by atoms with van der Waals surface area (Å²) in [6.07, 6.45) is -4.61. The van der Waals surface area contributed by atoms with Crippen molar-refractivity contribution >= 4 is 23.2 Å². The van der Waals surface area contributed by atoms with E-state index in [1.54, 1.807) is 24.3 Å². The third-order valence-electron chi connectivity index (χ3n) is 4.84. The van der Waals surface area contributed by atoms with Crippen LogP contribution in [0.3, 0.4) is 0 Å². The predicted molar refractivity (Wildman–Crippen MR) is 104 cm³/mol. The molecule has 0 radical (unpaired) electrons. The molecule has 1 aliphatic rings. The maximum absolute atomic E-state index is 13.4. The number of amides is 1. The van der Waals surface area contributed by atoms with Gasteiger partial charge in [0.1, 0.15) is 5.92 Å². The summed E-state index contributed by atoms with van der Waals surface area (Å²) in [7, 11) is 0. The van der Waals surface area contributed by atoms with Gasteiger partial charge in [0.15, 0.2) is 0 Å². The van der Waals surface area contributed by atoms with Crippen LogP contribution in [-0.2, 0) is 16.8 Å². The third-order valence-corrected chi connectivity index (χ3v) is 5.16. The molecule has 0 spiro atoms. The van der Waals surface area contributed by atoms with Gasteiger partial charge in [-0.1, -0.05) is 68.8 Å². The van der Waals surface area contributed by atoms with Crippen LogP contribution < -0.4 is 5.01 Å². The highest BCUT2D eigenvalue weighted by molar-refractivity contribution is 6.33. The fourth-order valence-corrected chi connectivity index (χ4v) is 3.47. The minimum Gasteiger partial charge on any atom is -0.272 e. The molecule has 1 amide bonds. The summed E-state index contributed by atoms with van der Waals surface area (Å²) >= 11 is 6.17. The first kappa shape index (κ1) is 20.7. The zero-order valence-corrected chi connectivity index (χ0v) is 16.7. The normalized spacial score (nSPS) is 18.8. The smallest absolute Gasteiger partial charge is 0.272 e. The molecule has 1 aliphatic heterocycles. The van der Waals surface area contributed by atoms with E-state index >= 15 is 0 Å². The first-order valence-electron chi connectivity index (χ1n) is 8.98. The zero-order chi connectivity index (χ0) is 20.7. The number of alkyl halides is 3. The molecular weight excluding hydrogens is 389 g/mol. The fraction of sp³-hybridized carbons (Fsp3) is 0.381. The topological polar surface area (TPSA) is 23.6 Å². The molecular formula is C21H22ClF3N2O. The van der Waals surface area contributed by atoms with Crippen LogP contribution in [0.5, 0.6) is 0 Å². The van der Waals surface area contributed by atoms with E-state index in [2.05, 4.69) is 20.8 Å². The van der Waals surface area contributed by atoms with Gasteiger partial charge in [0, 0.05) is 13.1 Å². The van der Waals surface area contributed by atoms with E-state index in [-0.39, 0.29) is 22.7 Å². The molecule has 0 saturated carbocycles. The average Bonchev–Trinajstić information content (AvgIpc) is 2.91. The van der Waals surface area contributed by atoms with Crippen molar-refractivity contribution in [2.45, 2.75) is 38.9 Å². The summed E-state index contributed by atoms with van der Waals surface area (Å²) in [5.41, 5.74) is 2.19. The molecule has 28 heavy (non-hydrogen) atoms. The number of nitrogens with zero attached hydrogens (tertiary/aromatic N) is 2. The number of hydrogen-bond acceptors (Lipinski definition) is 2. The Bertz CT molecular complexity index is 859. The van der Waals surface area contributed by atoms with Gasteiger partial charge in [-0.05, 0) is 28.7 Å². The summed E-state index contributed by atoms with van der Waals surface area (Å²) < 4.78 is 40.2. The van der Waals surface area contributed by atoms with Crippen molar-refractivity contribution in [2.24, 2.45) is 5.92 Å². The molecule has 3 nitrogen and oxygen atoms in total. The second-order valence-corrected chi connectivity index (χ2v) is 8.40. The van der Waals surface area contributed by atoms with Crippen LogP contribution in [0.1, 0.15) is 31.9 Å². The molecule has 0 N–H and O–H groups in total. The quantitative estimate of drug-likeness (QED) is 0.659. The lowest BCUT2D eigenvalue weighted by atomic mass is 9.87. The highest BCUT2D eigenvalue weighted by Gasteiger charge is 2.53. The van der Waals surface area contributed by atoms with E-state index in [4.69, 9.17) is 11.6 Å². The van der Waals surface area contributed by atoms with Crippen LogP contribution in [-0.4, -0.2) is 23.6 Å². The predicted octanol–water partition coefficient (Wildman–Crippen LogP) is 5.58. The molecule has 2 aromatic rings. The van der Waals surface area contributed by atoms with Crippen LogP contribution in [0.25, 0.3) is 0 Å². The van der Waals surface area contributed by atoms with E-state index in [9.17, 15) is 18.0 Å². The first-order valence-corrected chi connectivity index (χ1v) is 9.36. The summed E-state index contributed by atoms with van der Waals surface area (Å²) in [4.78, 5) is 12.6. The largest absolute Gasteiger partial charge is 0.401 e. The van der Waals surface area contributed by atoms with E-state index < -0.39 is 24.5 Å². The van der Waals surface area contributed by atoms with Crippen LogP contribution in [0.15, 0.2) is 48.5 Å². The lowest BCUT2D eigenvalue weighted by Crippen LogP contribution is -2.39. The summed E-state index contributed by atoms with van der Waals surface area (Å²) in [5.74, 6) is -3.08. The van der Waals surface area contributed by atoms with Crippen molar-refractivity contribution in [1.29, 1.82) is 0 Å². The lowest BCUT2D eigenvalue weighted by molar-refractivity contribution is -0.175. The molecule has 7 heteroatoms. The Morgan fingerprint density at radius 3 is 2.18 bits per heavy atom. The van der Waals surface area contributed by atoms with Crippen LogP contribution in [0.4, 0.5) is 18.9 Å². The van der Waals surface area contributed by atoms with Crippen molar-refractivity contribution in [2.75, 3.05) is 11.6 Å². The molecule has 3 rings (SSSR count). The highest BCUT2D eigenvalue weighted by atomic mass is 35.5. The van der Waals surface area contributed by atoms with Crippen LogP contribution >= 0.6 is 11.6 Å². The number of rotatable bonds is 3. The van der Waals surface area contributed by atoms with Gasteiger partial charge in [-0.15, -0.1) is 0 Å². The van der Waals surface area contributed by atoms with Gasteiger partial charge in [0.25, 0.3) is 5.91 Å². The number of anilines is 1. The van der Waals surface area contributed by atoms with Gasteiger partial charge < -0.3 is 0 Å². The maximum atomic E-state index is 13.4. The molecule has 1 saturated heterocycles. The van der Waals surface area contributed by atoms with Crippen LogP contribution in [0.2, 0.25) is 5.02 Å². The molecule has 0 aromatic heterocycles. The Morgan fingerprint density at radius 1 is 1.04 bits per heavy atom. The SMILES string of the molecule is CC(C)(C)c1ccc(CN2CC(C(F)(F)F)C(=O)N2c2ccccc2Cl)cc1. The van der Waals surface area contributed by atoms with Crippen molar-refractivity contribution in [3.63, 3.8) is 0 Å². The summed E-state index contributed by atoms with van der Waals surface area (Å²) in [5, 5.41) is 2.71. The zero-order valence-electron chi connectivity index (χ0n) is 15.9. The fourth-order valence-electron chi connectivity index (χ4n) is 3.25. The third kappa shape index (κ3) is 4.18. The van der Waals surface area contributed by atoms with Gasteiger partial charge in [-0.25, -0.2) is 10.0 Å². The summed E-state index contributed by atoms with van der Waals surface area (Å²) in [6, 6.07) is 14.1. The van der Waals surface area contributed by atoms with Gasteiger partial charge in [-0.2, -0.15) is 13.2 Å². The molecule has 1 heterocycles. The lowest BCUT2D eigenvalue weighted by Gasteiger charge is -2.28. The number of para-hydroxylation sites is 1. The van der Waals surface area contributed by atoms with Crippen LogP contribution in [0, 0.1) is 5.92 Å². The molecule has 2 aromatic carbocycles. The molecule has 1 fully saturated rings. The Labute approximate surface area is 167 Å². The molecule has 0 bridgehead atoms. The maximum Gasteiger partial charge on any atom is 0.401 e. The average molecular weight is 411 g/mol. The van der Waals surface area contributed by atoms with Gasteiger partial charge in [0.05, 0.1) is 10.7 Å². The Kier molecular flexibility index (Phi) is 5.47. The standard InChI is InChI=1S/C21H22ClF3N2O/c1-20(2,3)15-10-8-14(9-11-15)12-26-13-16(21(23,24)25)19(28)27(26)18-7-5-4-6-17(18)22/h4-11,16H,12-13H2,1-3H3. The van der Waals surface area contributed by atoms with E-state index in [0.29, 0.717) is 0 Å². The Hall–Kier alpha value is -2.05. The first-order chi connectivity index (χ1) is 13.0. The number of hydrogen-bond donors (Lipinski definition) is 0. The number of carbonyl (C=O) groups excluding carboxylic acids is 1. The minimum atomic E-state index is -4.61. The van der Waals surface area contributed by atoms with Crippen molar-refractivity contribution < 1.29 is 18.0 Å². The molecule has 0 aliphatic carbocycles. The number of benzene rings is 2. The van der Waals surface area contributed by atoms with Gasteiger partial charge in [-0.3, -0.25) is 4.79 Å². The number of carbonyl (C=O) groups is 1.